The highest BCUT2D eigenvalue weighted by Gasteiger charge is 2.15. The molecule has 0 aliphatic carbocycles. The number of aromatic nitrogens is 1. The minimum Gasteiger partial charge on any atom is -0.481 e. The number of hydrogen-bond donors (Lipinski definition) is 1. The maximum Gasteiger partial charge on any atom is 0.308 e. The lowest BCUT2D eigenvalue weighted by Crippen LogP contribution is -1.99. The van der Waals surface area contributed by atoms with Crippen LogP contribution in [0.25, 0.3) is 11.3 Å². The third kappa shape index (κ3) is 4.30. The molecule has 0 saturated carbocycles. The predicted molar refractivity (Wildman–Crippen MR) is 97.4 cm³/mol. The van der Waals surface area contributed by atoms with E-state index in [1.54, 1.807) is 0 Å². The fraction of sp³-hybridized carbons (Fsp3) is 0.200. The number of nitrogens with zero attached hydrogens (tertiary/aromatic N) is 1. The number of carboxylic acid groups (broad SMARTS) is 1. The van der Waals surface area contributed by atoms with Crippen LogP contribution in [0.1, 0.15) is 21.9 Å². The third-order valence-corrected chi connectivity index (χ3v) is 4.91. The van der Waals surface area contributed by atoms with Gasteiger partial charge in [0.1, 0.15) is 0 Å². The van der Waals surface area contributed by atoms with Crippen LogP contribution in [0, 0.1) is 0 Å². The van der Waals surface area contributed by atoms with Crippen molar-refractivity contribution in [2.24, 2.45) is 0 Å². The molecule has 0 amide bonds. The smallest absolute Gasteiger partial charge is 0.308 e. The van der Waals surface area contributed by atoms with E-state index in [-0.39, 0.29) is 6.42 Å². The number of hydrogen-bond acceptors (Lipinski definition) is 3. The number of rotatable bonds is 7. The Labute approximate surface area is 145 Å². The van der Waals surface area contributed by atoms with Crippen LogP contribution in [-0.2, 0) is 24.1 Å². The van der Waals surface area contributed by atoms with Crippen molar-refractivity contribution in [2.75, 3.05) is 0 Å². The van der Waals surface area contributed by atoms with Gasteiger partial charge in [-0.3, -0.25) is 4.79 Å². The third-order valence-electron chi connectivity index (χ3n) is 3.80. The highest BCUT2D eigenvalue weighted by Crippen LogP contribution is 2.29. The van der Waals surface area contributed by atoms with Crippen LogP contribution in [-0.4, -0.2) is 16.1 Å². The lowest BCUT2D eigenvalue weighted by atomic mass is 10.1. The summed E-state index contributed by atoms with van der Waals surface area (Å²) in [7, 11) is 0. The van der Waals surface area contributed by atoms with Crippen molar-refractivity contribution in [2.45, 2.75) is 25.7 Å². The molecule has 0 atom stereocenters. The monoisotopic (exact) mass is 337 g/mol. The van der Waals surface area contributed by atoms with E-state index in [1.807, 2.05) is 36.4 Å². The van der Waals surface area contributed by atoms with Gasteiger partial charge in [0, 0.05) is 10.4 Å². The maximum atomic E-state index is 11.1. The van der Waals surface area contributed by atoms with Crippen LogP contribution < -0.4 is 0 Å². The Morgan fingerprint density at radius 1 is 0.958 bits per heavy atom. The first-order chi connectivity index (χ1) is 11.7. The summed E-state index contributed by atoms with van der Waals surface area (Å²) in [6.45, 7) is 0. The van der Waals surface area contributed by atoms with Gasteiger partial charge in [-0.15, -0.1) is 11.3 Å². The first-order valence-corrected chi connectivity index (χ1v) is 8.84. The molecule has 0 spiro atoms. The first kappa shape index (κ1) is 16.4. The first-order valence-electron chi connectivity index (χ1n) is 8.02. The molecule has 0 aliphatic rings. The predicted octanol–water partition coefficient (Wildman–Crippen LogP) is 4.61. The molecule has 1 aromatic heterocycles. The Hall–Kier alpha value is -2.46. The van der Waals surface area contributed by atoms with Crippen molar-refractivity contribution in [1.29, 1.82) is 0 Å². The maximum absolute atomic E-state index is 11.1. The SMILES string of the molecule is O=C(O)Cc1sc(CCCc2ccccc2)nc1-c1ccccc1. The van der Waals surface area contributed by atoms with Crippen LogP contribution in [0.5, 0.6) is 0 Å². The Balaban J connectivity index is 1.74. The zero-order chi connectivity index (χ0) is 16.8. The highest BCUT2D eigenvalue weighted by molar-refractivity contribution is 7.12. The average molecular weight is 337 g/mol. The molecule has 0 aliphatic heterocycles. The second kappa shape index (κ2) is 7.88. The Bertz CT molecular complexity index is 797. The second-order valence-electron chi connectivity index (χ2n) is 5.66. The van der Waals surface area contributed by atoms with E-state index in [4.69, 9.17) is 10.1 Å². The Morgan fingerprint density at radius 2 is 1.62 bits per heavy atom. The molecule has 0 unspecified atom stereocenters. The molecule has 3 aromatic rings. The molecule has 3 rings (SSSR count). The van der Waals surface area contributed by atoms with Gasteiger partial charge >= 0.3 is 5.97 Å². The number of carbonyl (C=O) groups is 1. The molecule has 0 fully saturated rings. The summed E-state index contributed by atoms with van der Waals surface area (Å²) in [4.78, 5) is 16.7. The molecule has 0 saturated heterocycles. The lowest BCUT2D eigenvalue weighted by Gasteiger charge is -2.00. The van der Waals surface area contributed by atoms with E-state index in [2.05, 4.69) is 24.3 Å². The van der Waals surface area contributed by atoms with Crippen LogP contribution in [0.4, 0.5) is 0 Å². The molecular formula is C20H19NO2S. The van der Waals surface area contributed by atoms with Gasteiger partial charge in [-0.05, 0) is 24.8 Å². The van der Waals surface area contributed by atoms with Gasteiger partial charge in [0.2, 0.25) is 0 Å². The lowest BCUT2D eigenvalue weighted by molar-refractivity contribution is -0.136. The van der Waals surface area contributed by atoms with Gasteiger partial charge in [0.15, 0.2) is 0 Å². The zero-order valence-electron chi connectivity index (χ0n) is 13.3. The largest absolute Gasteiger partial charge is 0.481 e. The minimum absolute atomic E-state index is 0.0284. The standard InChI is InChI=1S/C20H19NO2S/c22-19(23)14-17-20(16-11-5-2-6-12-16)21-18(24-17)13-7-10-15-8-3-1-4-9-15/h1-6,8-9,11-12H,7,10,13-14H2,(H,22,23). The van der Waals surface area contributed by atoms with Crippen molar-refractivity contribution in [3.63, 3.8) is 0 Å². The van der Waals surface area contributed by atoms with Gasteiger partial charge in [0.25, 0.3) is 0 Å². The van der Waals surface area contributed by atoms with E-state index in [9.17, 15) is 4.79 Å². The van der Waals surface area contributed by atoms with Crippen LogP contribution >= 0.6 is 11.3 Å². The average Bonchev–Trinajstić information content (AvgIpc) is 2.98. The normalized spacial score (nSPS) is 10.7. The summed E-state index contributed by atoms with van der Waals surface area (Å²) in [5, 5.41) is 10.2. The summed E-state index contributed by atoms with van der Waals surface area (Å²) in [6.07, 6.45) is 2.92. The van der Waals surface area contributed by atoms with E-state index in [0.29, 0.717) is 0 Å². The highest BCUT2D eigenvalue weighted by atomic mass is 32.1. The van der Waals surface area contributed by atoms with Crippen molar-refractivity contribution in [1.82, 2.24) is 4.98 Å². The number of benzene rings is 2. The van der Waals surface area contributed by atoms with Crippen molar-refractivity contribution >= 4 is 17.3 Å². The fourth-order valence-electron chi connectivity index (χ4n) is 2.67. The number of aliphatic carboxylic acids is 1. The summed E-state index contributed by atoms with van der Waals surface area (Å²) in [5.41, 5.74) is 3.13. The van der Waals surface area contributed by atoms with Crippen LogP contribution in [0.2, 0.25) is 0 Å². The van der Waals surface area contributed by atoms with Gasteiger partial charge in [0.05, 0.1) is 17.1 Å². The van der Waals surface area contributed by atoms with Crippen molar-refractivity contribution in [3.8, 4) is 11.3 Å². The zero-order valence-corrected chi connectivity index (χ0v) is 14.1. The molecule has 3 nitrogen and oxygen atoms in total. The van der Waals surface area contributed by atoms with E-state index >= 15 is 0 Å². The molecule has 1 N–H and O–H groups in total. The van der Waals surface area contributed by atoms with E-state index in [0.717, 1.165) is 40.4 Å². The molecule has 0 radical (unpaired) electrons. The summed E-state index contributed by atoms with van der Waals surface area (Å²) in [6, 6.07) is 20.2. The molecule has 1 heterocycles. The topological polar surface area (TPSA) is 50.2 Å². The number of thiazole rings is 1. The number of carboxylic acids is 1. The minimum atomic E-state index is -0.813. The van der Waals surface area contributed by atoms with Gasteiger partial charge in [-0.2, -0.15) is 0 Å². The molecule has 0 bridgehead atoms. The molecule has 122 valence electrons. The number of aryl methyl sites for hydroxylation is 2. The summed E-state index contributed by atoms with van der Waals surface area (Å²) in [5.74, 6) is -0.813. The summed E-state index contributed by atoms with van der Waals surface area (Å²) < 4.78 is 0. The van der Waals surface area contributed by atoms with Gasteiger partial charge in [-0.1, -0.05) is 60.7 Å². The van der Waals surface area contributed by atoms with Gasteiger partial charge < -0.3 is 5.11 Å². The van der Waals surface area contributed by atoms with E-state index < -0.39 is 5.97 Å². The van der Waals surface area contributed by atoms with Crippen molar-refractivity contribution in [3.05, 3.63) is 76.1 Å². The molecule has 2 aromatic carbocycles. The van der Waals surface area contributed by atoms with Crippen LogP contribution in [0.3, 0.4) is 0 Å². The second-order valence-corrected chi connectivity index (χ2v) is 6.82. The molecule has 4 heteroatoms. The van der Waals surface area contributed by atoms with Crippen molar-refractivity contribution < 1.29 is 9.90 Å². The Morgan fingerprint density at radius 3 is 2.29 bits per heavy atom. The van der Waals surface area contributed by atoms with Crippen LogP contribution in [0.15, 0.2) is 60.7 Å². The summed E-state index contributed by atoms with van der Waals surface area (Å²) >= 11 is 1.53. The van der Waals surface area contributed by atoms with E-state index in [1.165, 1.54) is 16.9 Å². The quantitative estimate of drug-likeness (QED) is 0.685. The fourth-order valence-corrected chi connectivity index (χ4v) is 3.80. The Kier molecular flexibility index (Phi) is 5.39. The molecular weight excluding hydrogens is 318 g/mol. The molecule has 24 heavy (non-hydrogen) atoms. The van der Waals surface area contributed by atoms with Gasteiger partial charge in [-0.25, -0.2) is 4.98 Å².